The number of nitrogens with one attached hydrogen (secondary N) is 1. The molecule has 3 nitrogen and oxygen atoms in total. The largest absolute Gasteiger partial charge is 0.336 e. The van der Waals surface area contributed by atoms with Gasteiger partial charge in [-0.05, 0) is 5.56 Å². The van der Waals surface area contributed by atoms with Crippen LogP contribution < -0.4 is 5.32 Å². The summed E-state index contributed by atoms with van der Waals surface area (Å²) in [5.41, 5.74) is 1.82. The van der Waals surface area contributed by atoms with Gasteiger partial charge >= 0.3 is 0 Å². The maximum Gasteiger partial charge on any atom is 0.249 e. The van der Waals surface area contributed by atoms with Gasteiger partial charge in [-0.1, -0.05) is 36.9 Å². The van der Waals surface area contributed by atoms with Crippen LogP contribution in [-0.2, 0) is 11.2 Å². The van der Waals surface area contributed by atoms with Gasteiger partial charge in [0.2, 0.25) is 5.91 Å². The van der Waals surface area contributed by atoms with E-state index in [1.54, 1.807) is 0 Å². The molecular formula is C14H19ClN2O. The fourth-order valence-corrected chi connectivity index (χ4v) is 2.01. The third kappa shape index (κ3) is 3.86. The van der Waals surface area contributed by atoms with E-state index >= 15 is 0 Å². The van der Waals surface area contributed by atoms with Crippen molar-refractivity contribution in [2.24, 2.45) is 0 Å². The summed E-state index contributed by atoms with van der Waals surface area (Å²) in [6, 6.07) is 9.99. The summed E-state index contributed by atoms with van der Waals surface area (Å²) in [5.74, 6) is 0.0929. The van der Waals surface area contributed by atoms with Gasteiger partial charge in [0.25, 0.3) is 0 Å². The molecule has 1 aliphatic heterocycles. The van der Waals surface area contributed by atoms with Gasteiger partial charge in [-0.25, -0.2) is 0 Å². The highest BCUT2D eigenvalue weighted by Crippen LogP contribution is 2.09. The van der Waals surface area contributed by atoms with Crippen molar-refractivity contribution in [3.8, 4) is 0 Å². The number of halogens is 1. The minimum Gasteiger partial charge on any atom is -0.336 e. The third-order valence-corrected chi connectivity index (χ3v) is 2.97. The quantitative estimate of drug-likeness (QED) is 0.844. The standard InChI is InChI=1S/C14H18N2O.ClH/c1-12(11-13-5-3-2-4-6-13)14(17)16-9-7-15-8-10-16;/h2-6,15H,1,7-11H2;1H. The van der Waals surface area contributed by atoms with Gasteiger partial charge in [0.1, 0.15) is 0 Å². The van der Waals surface area contributed by atoms with E-state index in [1.165, 1.54) is 0 Å². The van der Waals surface area contributed by atoms with Crippen LogP contribution in [0.2, 0.25) is 0 Å². The molecule has 1 N–H and O–H groups in total. The number of hydrogen-bond acceptors (Lipinski definition) is 2. The smallest absolute Gasteiger partial charge is 0.249 e. The summed E-state index contributed by atoms with van der Waals surface area (Å²) < 4.78 is 0. The number of amides is 1. The number of piperazine rings is 1. The van der Waals surface area contributed by atoms with E-state index in [1.807, 2.05) is 35.2 Å². The Balaban J connectivity index is 0.00000162. The lowest BCUT2D eigenvalue weighted by atomic mass is 10.1. The summed E-state index contributed by atoms with van der Waals surface area (Å²) in [6.45, 7) is 7.24. The number of benzene rings is 1. The van der Waals surface area contributed by atoms with Crippen LogP contribution in [0.3, 0.4) is 0 Å². The monoisotopic (exact) mass is 266 g/mol. The predicted molar refractivity (Wildman–Crippen MR) is 76.0 cm³/mol. The van der Waals surface area contributed by atoms with Crippen molar-refractivity contribution in [1.82, 2.24) is 10.2 Å². The predicted octanol–water partition coefficient (Wildman–Crippen LogP) is 1.64. The molecule has 0 spiro atoms. The van der Waals surface area contributed by atoms with E-state index in [0.717, 1.165) is 31.7 Å². The van der Waals surface area contributed by atoms with Crippen LogP contribution in [0.25, 0.3) is 0 Å². The molecule has 1 amide bonds. The van der Waals surface area contributed by atoms with Crippen LogP contribution in [0, 0.1) is 0 Å². The van der Waals surface area contributed by atoms with Crippen LogP contribution in [0.5, 0.6) is 0 Å². The molecule has 4 heteroatoms. The zero-order valence-electron chi connectivity index (χ0n) is 10.4. The number of hydrogen-bond donors (Lipinski definition) is 1. The van der Waals surface area contributed by atoms with E-state index < -0.39 is 0 Å². The first-order chi connectivity index (χ1) is 8.27. The lowest BCUT2D eigenvalue weighted by molar-refractivity contribution is -0.127. The second kappa shape index (κ2) is 7.19. The highest BCUT2D eigenvalue weighted by molar-refractivity contribution is 5.93. The van der Waals surface area contributed by atoms with Gasteiger partial charge in [0.15, 0.2) is 0 Å². The summed E-state index contributed by atoms with van der Waals surface area (Å²) in [4.78, 5) is 14.0. The van der Waals surface area contributed by atoms with Crippen molar-refractivity contribution in [3.63, 3.8) is 0 Å². The van der Waals surface area contributed by atoms with Gasteiger partial charge in [0.05, 0.1) is 0 Å². The Morgan fingerprint density at radius 3 is 2.44 bits per heavy atom. The maximum absolute atomic E-state index is 12.1. The summed E-state index contributed by atoms with van der Waals surface area (Å²) in [6.07, 6.45) is 0.642. The van der Waals surface area contributed by atoms with Gasteiger partial charge in [-0.2, -0.15) is 0 Å². The molecule has 0 radical (unpaired) electrons. The number of nitrogens with zero attached hydrogens (tertiary/aromatic N) is 1. The molecule has 0 bridgehead atoms. The fraction of sp³-hybridized carbons (Fsp3) is 0.357. The Bertz CT molecular complexity index is 400. The highest BCUT2D eigenvalue weighted by Gasteiger charge is 2.18. The van der Waals surface area contributed by atoms with Crippen molar-refractivity contribution >= 4 is 18.3 Å². The molecule has 98 valence electrons. The fourth-order valence-electron chi connectivity index (χ4n) is 2.01. The topological polar surface area (TPSA) is 32.3 Å². The van der Waals surface area contributed by atoms with E-state index in [2.05, 4.69) is 11.9 Å². The molecule has 2 rings (SSSR count). The Morgan fingerprint density at radius 1 is 1.22 bits per heavy atom. The van der Waals surface area contributed by atoms with Crippen molar-refractivity contribution < 1.29 is 4.79 Å². The van der Waals surface area contributed by atoms with Crippen molar-refractivity contribution in [1.29, 1.82) is 0 Å². The normalized spacial score (nSPS) is 14.8. The summed E-state index contributed by atoms with van der Waals surface area (Å²) >= 11 is 0. The number of carbonyl (C=O) groups is 1. The molecule has 0 saturated carbocycles. The lowest BCUT2D eigenvalue weighted by Gasteiger charge is -2.28. The van der Waals surface area contributed by atoms with Crippen LogP contribution in [-0.4, -0.2) is 37.0 Å². The van der Waals surface area contributed by atoms with E-state index in [9.17, 15) is 4.79 Å². The Hall–Kier alpha value is -1.32. The first-order valence-electron chi connectivity index (χ1n) is 5.99. The summed E-state index contributed by atoms with van der Waals surface area (Å²) in [7, 11) is 0. The SMILES string of the molecule is C=C(Cc1ccccc1)C(=O)N1CCNCC1.Cl. The molecule has 1 aromatic carbocycles. The minimum atomic E-state index is 0. The van der Waals surface area contributed by atoms with Crippen LogP contribution >= 0.6 is 12.4 Å². The Morgan fingerprint density at radius 2 is 1.83 bits per heavy atom. The van der Waals surface area contributed by atoms with Crippen molar-refractivity contribution in [3.05, 3.63) is 48.0 Å². The lowest BCUT2D eigenvalue weighted by Crippen LogP contribution is -2.46. The Kier molecular flexibility index (Phi) is 5.89. The van der Waals surface area contributed by atoms with Crippen LogP contribution in [0.15, 0.2) is 42.5 Å². The second-order valence-electron chi connectivity index (χ2n) is 4.31. The molecule has 0 atom stereocenters. The molecule has 18 heavy (non-hydrogen) atoms. The van der Waals surface area contributed by atoms with Gasteiger partial charge in [-0.15, -0.1) is 12.4 Å². The van der Waals surface area contributed by atoms with Gasteiger partial charge in [-0.3, -0.25) is 4.79 Å². The van der Waals surface area contributed by atoms with Crippen molar-refractivity contribution in [2.75, 3.05) is 26.2 Å². The number of carbonyl (C=O) groups excluding carboxylic acids is 1. The zero-order valence-corrected chi connectivity index (χ0v) is 11.2. The van der Waals surface area contributed by atoms with Crippen molar-refractivity contribution in [2.45, 2.75) is 6.42 Å². The van der Waals surface area contributed by atoms with E-state index in [0.29, 0.717) is 12.0 Å². The maximum atomic E-state index is 12.1. The molecule has 0 unspecified atom stereocenters. The first kappa shape index (κ1) is 14.7. The Labute approximate surface area is 114 Å². The average Bonchev–Trinajstić information content (AvgIpc) is 2.40. The van der Waals surface area contributed by atoms with Crippen LogP contribution in [0.4, 0.5) is 0 Å². The average molecular weight is 267 g/mol. The highest BCUT2D eigenvalue weighted by atomic mass is 35.5. The zero-order chi connectivity index (χ0) is 12.1. The molecular weight excluding hydrogens is 248 g/mol. The molecule has 1 aromatic rings. The van der Waals surface area contributed by atoms with Crippen LogP contribution in [0.1, 0.15) is 5.56 Å². The first-order valence-corrected chi connectivity index (χ1v) is 5.99. The molecule has 1 saturated heterocycles. The third-order valence-electron chi connectivity index (χ3n) is 2.97. The molecule has 1 fully saturated rings. The van der Waals surface area contributed by atoms with Gasteiger partial charge in [0, 0.05) is 38.2 Å². The van der Waals surface area contributed by atoms with E-state index in [-0.39, 0.29) is 18.3 Å². The summed E-state index contributed by atoms with van der Waals surface area (Å²) in [5, 5.41) is 3.23. The number of rotatable bonds is 3. The van der Waals surface area contributed by atoms with Gasteiger partial charge < -0.3 is 10.2 Å². The molecule has 0 aromatic heterocycles. The van der Waals surface area contributed by atoms with E-state index in [4.69, 9.17) is 0 Å². The molecule has 0 aliphatic carbocycles. The molecule has 1 heterocycles. The second-order valence-corrected chi connectivity index (χ2v) is 4.31. The minimum absolute atomic E-state index is 0. The molecule has 1 aliphatic rings.